The van der Waals surface area contributed by atoms with Gasteiger partial charge in [-0.1, -0.05) is 118 Å². The number of methoxy groups -OCH3 is 4. The van der Waals surface area contributed by atoms with Gasteiger partial charge >= 0.3 is 0 Å². The van der Waals surface area contributed by atoms with Gasteiger partial charge in [-0.15, -0.1) is 0 Å². The molecule has 0 heterocycles. The molecule has 0 saturated heterocycles. The van der Waals surface area contributed by atoms with Crippen molar-refractivity contribution < 1.29 is 18.9 Å². The van der Waals surface area contributed by atoms with Crippen molar-refractivity contribution in [1.82, 2.24) is 0 Å². The number of alkyl halides is 6. The lowest BCUT2D eigenvalue weighted by molar-refractivity contribution is 0.414. The standard InChI is InChI=1S/C16H17Cl3O2Si.C16H15Cl3O2/c1-20-13-7-3-11(4-8-13)15(22,16(17,18)19)12-5-9-14(21-2)10-6-12;1-20-13-7-3-11(4-8-13)15(16(17,18)19)12-5-9-14(21-2)10-6-12/h3-10H,1-2,22H3;3-10,15H,1-2H3. The highest BCUT2D eigenvalue weighted by molar-refractivity contribution is 6.71. The second kappa shape index (κ2) is 15.4. The van der Waals surface area contributed by atoms with Crippen LogP contribution < -0.4 is 18.9 Å². The molecule has 0 aliphatic heterocycles. The summed E-state index contributed by atoms with van der Waals surface area (Å²) in [5, 5.41) is -0.670. The van der Waals surface area contributed by atoms with Crippen LogP contribution in [0, 0.1) is 0 Å². The summed E-state index contributed by atoms with van der Waals surface area (Å²) in [6.45, 7) is 0. The molecule has 0 saturated carbocycles. The molecule has 0 fully saturated rings. The van der Waals surface area contributed by atoms with Crippen molar-refractivity contribution in [3.63, 3.8) is 0 Å². The number of ether oxygens (including phenoxy) is 4. The quantitative estimate of drug-likeness (QED) is 0.135. The van der Waals surface area contributed by atoms with E-state index in [9.17, 15) is 0 Å². The van der Waals surface area contributed by atoms with Gasteiger partial charge in [0.2, 0.25) is 7.59 Å². The Morgan fingerprint density at radius 1 is 0.465 bits per heavy atom. The lowest BCUT2D eigenvalue weighted by Gasteiger charge is -2.37. The lowest BCUT2D eigenvalue weighted by atomic mass is 9.91. The fraction of sp³-hybridized carbons (Fsp3) is 0.250. The summed E-state index contributed by atoms with van der Waals surface area (Å²) < 4.78 is 17.8. The molecule has 0 unspecified atom stereocenters. The molecule has 230 valence electrons. The molecule has 0 atom stereocenters. The van der Waals surface area contributed by atoms with Crippen LogP contribution in [0.15, 0.2) is 97.1 Å². The molecular formula is C32H32Cl6O4Si. The van der Waals surface area contributed by atoms with Crippen molar-refractivity contribution in [2.24, 2.45) is 0 Å². The van der Waals surface area contributed by atoms with Crippen LogP contribution in [-0.4, -0.2) is 46.3 Å². The van der Waals surface area contributed by atoms with Crippen LogP contribution in [0.2, 0.25) is 0 Å². The molecule has 11 heteroatoms. The van der Waals surface area contributed by atoms with Crippen LogP contribution >= 0.6 is 69.6 Å². The molecule has 0 amide bonds. The third kappa shape index (κ3) is 8.82. The van der Waals surface area contributed by atoms with Crippen LogP contribution in [0.3, 0.4) is 0 Å². The average Bonchev–Trinajstić information content (AvgIpc) is 3.00. The maximum atomic E-state index is 6.36. The van der Waals surface area contributed by atoms with Gasteiger partial charge in [0, 0.05) is 10.2 Å². The Labute approximate surface area is 286 Å². The van der Waals surface area contributed by atoms with Gasteiger partial charge in [0.25, 0.3) is 0 Å². The van der Waals surface area contributed by atoms with E-state index in [1.807, 2.05) is 97.1 Å². The first-order valence-corrected chi connectivity index (χ1v) is 16.3. The topological polar surface area (TPSA) is 36.9 Å². The Morgan fingerprint density at radius 2 is 0.721 bits per heavy atom. The second-order valence-electron chi connectivity index (χ2n) is 9.60. The highest BCUT2D eigenvalue weighted by Crippen LogP contribution is 2.49. The van der Waals surface area contributed by atoms with E-state index in [0.29, 0.717) is 10.2 Å². The van der Waals surface area contributed by atoms with Crippen molar-refractivity contribution >= 4 is 79.8 Å². The van der Waals surface area contributed by atoms with Crippen LogP contribution in [0.5, 0.6) is 23.0 Å². The molecule has 0 aliphatic rings. The second-order valence-corrected chi connectivity index (χ2v) is 15.8. The van der Waals surface area contributed by atoms with E-state index in [0.717, 1.165) is 45.3 Å². The van der Waals surface area contributed by atoms with Gasteiger partial charge in [-0.3, -0.25) is 0 Å². The molecule has 43 heavy (non-hydrogen) atoms. The lowest BCUT2D eigenvalue weighted by Crippen LogP contribution is -2.41. The molecule has 4 aromatic rings. The molecule has 0 radical (unpaired) electrons. The monoisotopic (exact) mass is 718 g/mol. The Kier molecular flexibility index (Phi) is 12.7. The summed E-state index contributed by atoms with van der Waals surface area (Å²) in [5.74, 6) is 2.69. The molecule has 4 nitrogen and oxygen atoms in total. The zero-order chi connectivity index (χ0) is 31.8. The average molecular weight is 721 g/mol. The first-order chi connectivity index (χ1) is 20.3. The molecule has 4 aromatic carbocycles. The van der Waals surface area contributed by atoms with Gasteiger partial charge in [-0.05, 0) is 70.8 Å². The third-order valence-electron chi connectivity index (χ3n) is 7.13. The molecule has 0 bridgehead atoms. The van der Waals surface area contributed by atoms with Gasteiger partial charge < -0.3 is 18.9 Å². The van der Waals surface area contributed by atoms with E-state index >= 15 is 0 Å². The zero-order valence-electron chi connectivity index (χ0n) is 24.2. The van der Waals surface area contributed by atoms with E-state index in [2.05, 4.69) is 0 Å². The van der Waals surface area contributed by atoms with E-state index in [1.165, 1.54) is 0 Å². The minimum atomic E-state index is -1.46. The highest BCUT2D eigenvalue weighted by Gasteiger charge is 2.47. The Balaban J connectivity index is 0.000000236. The molecular weight excluding hydrogens is 689 g/mol. The fourth-order valence-corrected chi connectivity index (χ4v) is 6.58. The number of hydrogen-bond donors (Lipinski definition) is 0. The van der Waals surface area contributed by atoms with Gasteiger partial charge in [0.1, 0.15) is 23.0 Å². The number of rotatable bonds is 8. The van der Waals surface area contributed by atoms with Crippen molar-refractivity contribution in [3.8, 4) is 23.0 Å². The van der Waals surface area contributed by atoms with E-state index in [1.54, 1.807) is 28.4 Å². The zero-order valence-corrected chi connectivity index (χ0v) is 30.8. The van der Waals surface area contributed by atoms with E-state index in [-0.39, 0.29) is 5.92 Å². The minimum Gasteiger partial charge on any atom is -0.497 e. The molecule has 4 rings (SSSR count). The predicted molar refractivity (Wildman–Crippen MR) is 185 cm³/mol. The Hall–Kier alpha value is -1.96. The summed E-state index contributed by atoms with van der Waals surface area (Å²) in [6.07, 6.45) is 0. The number of benzene rings is 4. The SMILES string of the molecule is COc1ccc(C([SiH3])(c2ccc(OC)cc2)C(Cl)(Cl)Cl)cc1.COc1ccc(C(c2ccc(OC)cc2)C(Cl)(Cl)Cl)cc1. The maximum Gasteiger partial charge on any atom is 0.201 e. The minimum absolute atomic E-state index is 0.376. The van der Waals surface area contributed by atoms with E-state index in [4.69, 9.17) is 88.6 Å². The summed E-state index contributed by atoms with van der Waals surface area (Å²) in [7, 11) is 7.11. The van der Waals surface area contributed by atoms with Crippen LogP contribution in [0.1, 0.15) is 28.2 Å². The Morgan fingerprint density at radius 3 is 0.930 bits per heavy atom. The molecule has 0 N–H and O–H groups in total. The Bertz CT molecular complexity index is 1330. The summed E-state index contributed by atoms with van der Waals surface area (Å²) >= 11 is 37.6. The predicted octanol–water partition coefficient (Wildman–Crippen LogP) is 8.89. The van der Waals surface area contributed by atoms with Crippen LogP contribution in [0.25, 0.3) is 0 Å². The van der Waals surface area contributed by atoms with Crippen molar-refractivity contribution in [2.75, 3.05) is 28.4 Å². The fourth-order valence-electron chi connectivity index (χ4n) is 4.51. The van der Waals surface area contributed by atoms with Crippen LogP contribution in [-0.2, 0) is 5.04 Å². The first-order valence-electron chi connectivity index (χ1n) is 13.0. The molecule has 0 aliphatic carbocycles. The van der Waals surface area contributed by atoms with Gasteiger partial charge in [0.15, 0.2) is 0 Å². The van der Waals surface area contributed by atoms with Gasteiger partial charge in [0.05, 0.1) is 39.4 Å². The summed E-state index contributed by atoms with van der Waals surface area (Å²) in [6, 6.07) is 30.3. The van der Waals surface area contributed by atoms with E-state index < -0.39 is 12.6 Å². The normalized spacial score (nSPS) is 11.9. The largest absolute Gasteiger partial charge is 0.497 e. The van der Waals surface area contributed by atoms with Crippen molar-refractivity contribution in [1.29, 1.82) is 0 Å². The van der Waals surface area contributed by atoms with Crippen LogP contribution in [0.4, 0.5) is 0 Å². The summed E-state index contributed by atoms with van der Waals surface area (Å²) in [4.78, 5) is 0. The van der Waals surface area contributed by atoms with Crippen molar-refractivity contribution in [2.45, 2.75) is 18.5 Å². The third-order valence-corrected chi connectivity index (χ3v) is 11.8. The first kappa shape index (κ1) is 35.5. The summed E-state index contributed by atoms with van der Waals surface area (Å²) in [5.41, 5.74) is 3.71. The molecule has 0 spiro atoms. The van der Waals surface area contributed by atoms with Crippen molar-refractivity contribution in [3.05, 3.63) is 119 Å². The maximum absolute atomic E-state index is 6.36. The highest BCUT2D eigenvalue weighted by atomic mass is 35.6. The molecule has 0 aromatic heterocycles. The van der Waals surface area contributed by atoms with Gasteiger partial charge in [-0.25, -0.2) is 0 Å². The number of hydrogen-bond acceptors (Lipinski definition) is 4. The van der Waals surface area contributed by atoms with Gasteiger partial charge in [-0.2, -0.15) is 0 Å². The number of halogens is 6. The smallest absolute Gasteiger partial charge is 0.201 e.